The molecule has 1 amide bonds. The number of hydrogen-bond donors (Lipinski definition) is 1. The molecule has 0 aliphatic rings. The summed E-state index contributed by atoms with van der Waals surface area (Å²) in [6, 6.07) is 11.1. The van der Waals surface area contributed by atoms with Gasteiger partial charge in [0, 0.05) is 11.8 Å². The number of anilines is 1. The summed E-state index contributed by atoms with van der Waals surface area (Å²) in [6.07, 6.45) is -4.58. The highest BCUT2D eigenvalue weighted by Crippen LogP contribution is 2.32. The van der Waals surface area contributed by atoms with E-state index < -0.39 is 23.2 Å². The third-order valence-electron chi connectivity index (χ3n) is 2.88. The van der Waals surface area contributed by atoms with Crippen molar-refractivity contribution in [1.82, 2.24) is 0 Å². The lowest BCUT2D eigenvalue weighted by Gasteiger charge is -2.13. The van der Waals surface area contributed by atoms with Gasteiger partial charge in [0.2, 0.25) is 0 Å². The van der Waals surface area contributed by atoms with Crippen LogP contribution in [0.25, 0.3) is 0 Å². The summed E-state index contributed by atoms with van der Waals surface area (Å²) < 4.78 is 44.0. The largest absolute Gasteiger partial charge is 0.494 e. The van der Waals surface area contributed by atoms with Gasteiger partial charge < -0.3 is 10.1 Å². The second kappa shape index (κ2) is 6.51. The highest BCUT2D eigenvalue weighted by molar-refractivity contribution is 6.05. The fourth-order valence-corrected chi connectivity index (χ4v) is 1.96. The van der Waals surface area contributed by atoms with Crippen molar-refractivity contribution in [1.29, 1.82) is 0 Å². The number of carbonyl (C=O) groups is 1. The van der Waals surface area contributed by atoms with Gasteiger partial charge in [-0.1, -0.05) is 18.2 Å². The van der Waals surface area contributed by atoms with E-state index in [-0.39, 0.29) is 0 Å². The van der Waals surface area contributed by atoms with E-state index >= 15 is 0 Å². The molecule has 2 rings (SSSR count). The van der Waals surface area contributed by atoms with E-state index in [0.29, 0.717) is 18.0 Å². The summed E-state index contributed by atoms with van der Waals surface area (Å²) in [5.41, 5.74) is -1.02. The number of carbonyl (C=O) groups excluding carboxylic acids is 1. The molecule has 1 N–H and O–H groups in total. The maximum absolute atomic E-state index is 12.9. The Balaban J connectivity index is 2.25. The summed E-state index contributed by atoms with van der Waals surface area (Å²) in [4.78, 5) is 12.1. The van der Waals surface area contributed by atoms with Crippen LogP contribution in [0, 0.1) is 0 Å². The van der Waals surface area contributed by atoms with Crippen LogP contribution >= 0.6 is 0 Å². The second-order valence-corrected chi connectivity index (χ2v) is 4.46. The summed E-state index contributed by atoms with van der Waals surface area (Å²) in [5.74, 6) is -0.286. The standard InChI is InChI=1S/C16H14F3NO2/c1-2-22-12-7-5-6-11(10-12)20-15(21)13-8-3-4-9-14(13)16(17,18)19/h3-10H,2H2,1H3,(H,20,21). The minimum atomic E-state index is -4.58. The van der Waals surface area contributed by atoms with Gasteiger partial charge in [-0.25, -0.2) is 0 Å². The van der Waals surface area contributed by atoms with Crippen molar-refractivity contribution in [2.24, 2.45) is 0 Å². The van der Waals surface area contributed by atoms with Gasteiger partial charge in [-0.05, 0) is 31.2 Å². The number of rotatable bonds is 4. The predicted octanol–water partition coefficient (Wildman–Crippen LogP) is 4.36. The number of alkyl halides is 3. The zero-order valence-corrected chi connectivity index (χ0v) is 11.8. The van der Waals surface area contributed by atoms with Gasteiger partial charge in [0.05, 0.1) is 17.7 Å². The van der Waals surface area contributed by atoms with Gasteiger partial charge in [0.25, 0.3) is 5.91 Å². The van der Waals surface area contributed by atoms with Crippen LogP contribution < -0.4 is 10.1 Å². The van der Waals surface area contributed by atoms with Crippen LogP contribution in [0.2, 0.25) is 0 Å². The molecule has 116 valence electrons. The monoisotopic (exact) mass is 309 g/mol. The molecule has 0 atom stereocenters. The number of halogens is 3. The lowest BCUT2D eigenvalue weighted by Crippen LogP contribution is -2.18. The Morgan fingerprint density at radius 3 is 2.55 bits per heavy atom. The molecule has 0 aromatic heterocycles. The Morgan fingerprint density at radius 2 is 1.86 bits per heavy atom. The van der Waals surface area contributed by atoms with Gasteiger partial charge in [-0.3, -0.25) is 4.79 Å². The average molecular weight is 309 g/mol. The fraction of sp³-hybridized carbons (Fsp3) is 0.188. The second-order valence-electron chi connectivity index (χ2n) is 4.46. The van der Waals surface area contributed by atoms with E-state index in [4.69, 9.17) is 4.74 Å². The molecule has 0 radical (unpaired) electrons. The number of amides is 1. The highest BCUT2D eigenvalue weighted by Gasteiger charge is 2.34. The minimum Gasteiger partial charge on any atom is -0.494 e. The zero-order valence-electron chi connectivity index (χ0n) is 11.8. The van der Waals surface area contributed by atoms with Crippen LogP contribution in [0.3, 0.4) is 0 Å². The van der Waals surface area contributed by atoms with E-state index in [1.807, 2.05) is 6.92 Å². The van der Waals surface area contributed by atoms with E-state index in [9.17, 15) is 18.0 Å². The topological polar surface area (TPSA) is 38.3 Å². The number of nitrogens with one attached hydrogen (secondary N) is 1. The van der Waals surface area contributed by atoms with Gasteiger partial charge in [-0.15, -0.1) is 0 Å². The molecule has 3 nitrogen and oxygen atoms in total. The van der Waals surface area contributed by atoms with Crippen LogP contribution in [-0.2, 0) is 6.18 Å². The van der Waals surface area contributed by atoms with Crippen molar-refractivity contribution in [3.8, 4) is 5.75 Å². The van der Waals surface area contributed by atoms with Crippen molar-refractivity contribution in [2.75, 3.05) is 11.9 Å². The SMILES string of the molecule is CCOc1cccc(NC(=O)c2ccccc2C(F)(F)F)c1. The molecule has 0 aliphatic heterocycles. The lowest BCUT2D eigenvalue weighted by molar-refractivity contribution is -0.137. The molecule has 0 aliphatic carbocycles. The molecule has 0 spiro atoms. The highest BCUT2D eigenvalue weighted by atomic mass is 19.4. The maximum atomic E-state index is 12.9. The summed E-state index contributed by atoms with van der Waals surface area (Å²) >= 11 is 0. The molecule has 0 fully saturated rings. The van der Waals surface area contributed by atoms with Gasteiger partial charge in [-0.2, -0.15) is 13.2 Å². The van der Waals surface area contributed by atoms with E-state index in [1.165, 1.54) is 12.1 Å². The third-order valence-corrected chi connectivity index (χ3v) is 2.88. The van der Waals surface area contributed by atoms with Crippen molar-refractivity contribution >= 4 is 11.6 Å². The lowest BCUT2D eigenvalue weighted by atomic mass is 10.1. The van der Waals surface area contributed by atoms with Crippen LogP contribution in [0.4, 0.5) is 18.9 Å². The molecule has 2 aromatic carbocycles. The molecule has 0 heterocycles. The van der Waals surface area contributed by atoms with E-state index in [0.717, 1.165) is 12.1 Å². The summed E-state index contributed by atoms with van der Waals surface area (Å²) in [5, 5.41) is 2.45. The van der Waals surface area contributed by atoms with Crippen molar-refractivity contribution in [3.05, 3.63) is 59.7 Å². The van der Waals surface area contributed by atoms with Crippen molar-refractivity contribution in [2.45, 2.75) is 13.1 Å². The molecular weight excluding hydrogens is 295 g/mol. The van der Waals surface area contributed by atoms with E-state index in [1.54, 1.807) is 24.3 Å². The zero-order chi connectivity index (χ0) is 16.2. The van der Waals surface area contributed by atoms with Crippen LogP contribution in [0.1, 0.15) is 22.8 Å². The fourth-order valence-electron chi connectivity index (χ4n) is 1.96. The molecule has 22 heavy (non-hydrogen) atoms. The van der Waals surface area contributed by atoms with Crippen LogP contribution in [-0.4, -0.2) is 12.5 Å². The maximum Gasteiger partial charge on any atom is 0.417 e. The van der Waals surface area contributed by atoms with Gasteiger partial charge >= 0.3 is 6.18 Å². The minimum absolute atomic E-state index is 0.368. The molecule has 0 saturated carbocycles. The molecular formula is C16H14F3NO2. The Bertz CT molecular complexity index is 668. The van der Waals surface area contributed by atoms with Gasteiger partial charge in [0.1, 0.15) is 5.75 Å². The normalized spacial score (nSPS) is 11.1. The molecule has 0 unspecified atom stereocenters. The Kier molecular flexibility index (Phi) is 4.70. The first-order valence-electron chi connectivity index (χ1n) is 6.62. The predicted molar refractivity (Wildman–Crippen MR) is 77.0 cm³/mol. The molecule has 0 saturated heterocycles. The first-order valence-corrected chi connectivity index (χ1v) is 6.62. The Labute approximate surface area is 125 Å². The van der Waals surface area contributed by atoms with E-state index in [2.05, 4.69) is 5.32 Å². The quantitative estimate of drug-likeness (QED) is 0.911. The van der Waals surface area contributed by atoms with Crippen LogP contribution in [0.15, 0.2) is 48.5 Å². The van der Waals surface area contributed by atoms with Crippen molar-refractivity contribution < 1.29 is 22.7 Å². The number of benzene rings is 2. The first kappa shape index (κ1) is 15.9. The van der Waals surface area contributed by atoms with Gasteiger partial charge in [0.15, 0.2) is 0 Å². The number of ether oxygens (including phenoxy) is 1. The summed E-state index contributed by atoms with van der Waals surface area (Å²) in [6.45, 7) is 2.26. The molecule has 2 aromatic rings. The summed E-state index contributed by atoms with van der Waals surface area (Å²) in [7, 11) is 0. The number of hydrogen-bond acceptors (Lipinski definition) is 2. The van der Waals surface area contributed by atoms with Crippen LogP contribution in [0.5, 0.6) is 5.75 Å². The average Bonchev–Trinajstić information content (AvgIpc) is 2.47. The molecule has 0 bridgehead atoms. The first-order chi connectivity index (χ1) is 10.4. The molecule has 6 heteroatoms. The smallest absolute Gasteiger partial charge is 0.417 e. The Hall–Kier alpha value is -2.50. The van der Waals surface area contributed by atoms with Crippen molar-refractivity contribution in [3.63, 3.8) is 0 Å². The Morgan fingerprint density at radius 1 is 1.14 bits per heavy atom. The third kappa shape index (κ3) is 3.78.